The molecule has 1 aromatic carbocycles. The number of imidazole rings is 1. The van der Waals surface area contributed by atoms with E-state index in [9.17, 15) is 23.2 Å². The zero-order valence-corrected chi connectivity index (χ0v) is 19.1. The van der Waals surface area contributed by atoms with Crippen molar-refractivity contribution in [2.75, 3.05) is 18.4 Å². The van der Waals surface area contributed by atoms with Crippen molar-refractivity contribution in [1.82, 2.24) is 14.5 Å². The van der Waals surface area contributed by atoms with Crippen LogP contribution in [0.25, 0.3) is 0 Å². The largest absolute Gasteiger partial charge is 0.331 e. The smallest absolute Gasteiger partial charge is 0.257 e. The monoisotopic (exact) mass is 494 g/mol. The van der Waals surface area contributed by atoms with E-state index < -0.39 is 23.7 Å². The molecule has 11 heteroatoms. The molecule has 2 aromatic heterocycles. The Balaban J connectivity index is 1.40. The van der Waals surface area contributed by atoms with Gasteiger partial charge in [0.2, 0.25) is 18.3 Å². The Kier molecular flexibility index (Phi) is 6.81. The molecule has 1 aliphatic rings. The Labute approximate surface area is 199 Å². The van der Waals surface area contributed by atoms with E-state index >= 15 is 0 Å². The van der Waals surface area contributed by atoms with E-state index in [2.05, 4.69) is 10.3 Å². The van der Waals surface area contributed by atoms with E-state index in [-0.39, 0.29) is 32.0 Å². The number of carbonyl (C=O) groups excluding carboxylic acids is 1. The van der Waals surface area contributed by atoms with Crippen molar-refractivity contribution < 1.29 is 27.9 Å². The summed E-state index contributed by atoms with van der Waals surface area (Å²) in [5.41, 5.74) is 0.959. The molecule has 1 aliphatic heterocycles. The first-order valence-corrected chi connectivity index (χ1v) is 11.1. The number of likely N-dealkylation sites (tertiary alicyclic amines) is 1. The first-order valence-electron chi connectivity index (χ1n) is 10.7. The van der Waals surface area contributed by atoms with Gasteiger partial charge in [-0.25, -0.2) is 18.2 Å². The molecule has 1 saturated heterocycles. The predicted octanol–water partition coefficient (Wildman–Crippen LogP) is 3.70. The van der Waals surface area contributed by atoms with Gasteiger partial charge in [0.1, 0.15) is 5.82 Å². The number of halogens is 4. The number of carbonyl (C=O) groups is 1. The van der Waals surface area contributed by atoms with Crippen molar-refractivity contribution in [3.05, 3.63) is 77.2 Å². The average Bonchev–Trinajstić information content (AvgIpc) is 3.23. The Morgan fingerprint density at radius 1 is 1.35 bits per heavy atom. The molecule has 4 rings (SSSR count). The molecule has 0 unspecified atom stereocenters. The summed E-state index contributed by atoms with van der Waals surface area (Å²) in [5.74, 6) is -4.52. The normalized spacial score (nSPS) is 19.0. The third-order valence-electron chi connectivity index (χ3n) is 6.07. The SMILES string of the molecule is C[C@@H](C(=O)Nc1cn(Cc2cc(F)ccc2Cl)cn1)N1CCC(F)(F)[C@@H](c2cc[n+](O)cc2)C1. The van der Waals surface area contributed by atoms with Gasteiger partial charge in [-0.15, -0.1) is 0 Å². The fraction of sp³-hybridized carbons (Fsp3) is 0.348. The van der Waals surface area contributed by atoms with Crippen LogP contribution in [0.15, 0.2) is 55.2 Å². The van der Waals surface area contributed by atoms with E-state index in [0.717, 1.165) is 4.73 Å². The van der Waals surface area contributed by atoms with Gasteiger partial charge in [-0.05, 0) is 36.2 Å². The molecule has 7 nitrogen and oxygen atoms in total. The standard InChI is InChI=1S/C23H23ClF3N5O2/c1-15(31-9-6-23(26,27)19(12-31)16-4-7-32(34)8-5-16)22(33)29-21-13-30(14-28-21)11-17-10-18(25)2-3-20(17)24/h2-5,7-8,10,13-15,19H,6,9,11-12H2,1H3,(H-,29,33,34)/p+1/t15-,19+/m0/s1. The fourth-order valence-corrected chi connectivity index (χ4v) is 4.24. The van der Waals surface area contributed by atoms with Crippen LogP contribution in [0.3, 0.4) is 0 Å². The van der Waals surface area contributed by atoms with Crippen LogP contribution in [0.2, 0.25) is 5.02 Å². The second-order valence-corrected chi connectivity index (χ2v) is 8.81. The highest BCUT2D eigenvalue weighted by atomic mass is 35.5. The van der Waals surface area contributed by atoms with Gasteiger partial charge in [-0.2, -0.15) is 0 Å². The van der Waals surface area contributed by atoms with Gasteiger partial charge >= 0.3 is 0 Å². The summed E-state index contributed by atoms with van der Waals surface area (Å²) < 4.78 is 45.2. The van der Waals surface area contributed by atoms with Gasteiger partial charge < -0.3 is 9.88 Å². The van der Waals surface area contributed by atoms with Crippen molar-refractivity contribution in [1.29, 1.82) is 0 Å². The summed E-state index contributed by atoms with van der Waals surface area (Å²) in [6, 6.07) is 6.30. The predicted molar refractivity (Wildman–Crippen MR) is 119 cm³/mol. The van der Waals surface area contributed by atoms with Gasteiger partial charge in [-0.3, -0.25) is 14.9 Å². The van der Waals surface area contributed by atoms with E-state index in [0.29, 0.717) is 22.0 Å². The summed E-state index contributed by atoms with van der Waals surface area (Å²) in [6.45, 7) is 1.98. The molecule has 2 atom stereocenters. The molecule has 34 heavy (non-hydrogen) atoms. The fourth-order valence-electron chi connectivity index (χ4n) is 4.06. The zero-order valence-electron chi connectivity index (χ0n) is 18.3. The lowest BCUT2D eigenvalue weighted by molar-refractivity contribution is -0.904. The molecule has 2 N–H and O–H groups in total. The van der Waals surface area contributed by atoms with Gasteiger partial charge in [0.05, 0.1) is 24.8 Å². The van der Waals surface area contributed by atoms with Crippen LogP contribution < -0.4 is 10.0 Å². The molecule has 3 aromatic rings. The van der Waals surface area contributed by atoms with Crippen molar-refractivity contribution in [2.24, 2.45) is 0 Å². The molecule has 1 amide bonds. The van der Waals surface area contributed by atoms with Crippen LogP contribution >= 0.6 is 11.6 Å². The highest BCUT2D eigenvalue weighted by Gasteiger charge is 2.46. The number of aromatic nitrogens is 3. The van der Waals surface area contributed by atoms with Crippen LogP contribution in [0.4, 0.5) is 19.0 Å². The zero-order chi connectivity index (χ0) is 24.5. The quantitative estimate of drug-likeness (QED) is 0.405. The summed E-state index contributed by atoms with van der Waals surface area (Å²) in [6.07, 6.45) is 5.29. The number of anilines is 1. The van der Waals surface area contributed by atoms with Gasteiger partial charge in [0, 0.05) is 47.6 Å². The minimum absolute atomic E-state index is 0.0104. The minimum atomic E-state index is -2.93. The molecule has 0 radical (unpaired) electrons. The van der Waals surface area contributed by atoms with Crippen LogP contribution in [0, 0.1) is 5.82 Å². The van der Waals surface area contributed by atoms with Crippen molar-refractivity contribution in [3.8, 4) is 0 Å². The van der Waals surface area contributed by atoms with E-state index in [1.54, 1.807) is 22.6 Å². The van der Waals surface area contributed by atoms with E-state index in [1.165, 1.54) is 49.1 Å². The van der Waals surface area contributed by atoms with Gasteiger partial charge in [-0.1, -0.05) is 11.6 Å². The number of nitrogens with one attached hydrogen (secondary N) is 1. The number of hydrogen-bond donors (Lipinski definition) is 2. The Bertz CT molecular complexity index is 1170. The number of rotatable bonds is 6. The molecule has 0 bridgehead atoms. The van der Waals surface area contributed by atoms with Crippen LogP contribution in [0.5, 0.6) is 0 Å². The lowest BCUT2D eigenvalue weighted by Crippen LogP contribution is -2.52. The Morgan fingerprint density at radius 2 is 2.09 bits per heavy atom. The topological polar surface area (TPSA) is 74.3 Å². The number of pyridine rings is 1. The number of benzene rings is 1. The third kappa shape index (κ3) is 5.34. The van der Waals surface area contributed by atoms with Crippen molar-refractivity contribution in [3.63, 3.8) is 0 Å². The second-order valence-electron chi connectivity index (χ2n) is 8.40. The molecular formula is C23H24ClF3N5O2+. The summed E-state index contributed by atoms with van der Waals surface area (Å²) in [7, 11) is 0. The van der Waals surface area contributed by atoms with Crippen LogP contribution in [-0.4, -0.2) is 50.6 Å². The average molecular weight is 495 g/mol. The molecule has 3 heterocycles. The molecule has 0 saturated carbocycles. The number of amides is 1. The van der Waals surface area contributed by atoms with Crippen LogP contribution in [-0.2, 0) is 11.3 Å². The number of piperidine rings is 1. The Hall–Kier alpha value is -3.11. The highest BCUT2D eigenvalue weighted by molar-refractivity contribution is 6.31. The lowest BCUT2D eigenvalue weighted by Gasteiger charge is -2.40. The minimum Gasteiger partial charge on any atom is -0.331 e. The molecular weight excluding hydrogens is 471 g/mol. The molecule has 180 valence electrons. The van der Waals surface area contributed by atoms with Crippen molar-refractivity contribution >= 4 is 23.3 Å². The van der Waals surface area contributed by atoms with E-state index in [4.69, 9.17) is 11.6 Å². The first kappa shape index (κ1) is 24.0. The summed E-state index contributed by atoms with van der Waals surface area (Å²) in [4.78, 5) is 18.7. The number of hydrogen-bond acceptors (Lipinski definition) is 4. The van der Waals surface area contributed by atoms with E-state index in [1.807, 2.05) is 0 Å². The number of alkyl halides is 2. The van der Waals surface area contributed by atoms with Gasteiger partial charge in [0.15, 0.2) is 5.82 Å². The second kappa shape index (κ2) is 9.63. The van der Waals surface area contributed by atoms with Crippen LogP contribution in [0.1, 0.15) is 30.4 Å². The summed E-state index contributed by atoms with van der Waals surface area (Å²) in [5, 5.41) is 12.5. The van der Waals surface area contributed by atoms with Crippen molar-refractivity contribution in [2.45, 2.75) is 37.8 Å². The third-order valence-corrected chi connectivity index (χ3v) is 6.44. The Morgan fingerprint density at radius 3 is 2.82 bits per heavy atom. The number of nitrogens with zero attached hydrogens (tertiary/aromatic N) is 4. The van der Waals surface area contributed by atoms with Gasteiger partial charge in [0.25, 0.3) is 5.92 Å². The molecule has 1 fully saturated rings. The first-order chi connectivity index (χ1) is 16.1. The highest BCUT2D eigenvalue weighted by Crippen LogP contribution is 2.40. The molecule has 0 spiro atoms. The maximum absolute atomic E-state index is 14.6. The lowest BCUT2D eigenvalue weighted by atomic mass is 9.87. The molecule has 0 aliphatic carbocycles. The summed E-state index contributed by atoms with van der Waals surface area (Å²) >= 11 is 6.11. The maximum atomic E-state index is 14.6. The maximum Gasteiger partial charge on any atom is 0.257 e.